The molecule has 0 saturated carbocycles. The van der Waals surface area contributed by atoms with E-state index in [1.807, 2.05) is 20.8 Å². The van der Waals surface area contributed by atoms with Gasteiger partial charge in [-0.05, 0) is 28.0 Å². The Hall–Kier alpha value is -2.31. The van der Waals surface area contributed by atoms with Gasteiger partial charge in [-0.15, -0.1) is 5.10 Å². The van der Waals surface area contributed by atoms with Crippen LogP contribution in [0, 0.1) is 11.2 Å². The van der Waals surface area contributed by atoms with E-state index in [1.54, 1.807) is 12.1 Å². The second-order valence-electron chi connectivity index (χ2n) is 5.94. The number of carboxylic acid groups (broad SMARTS) is 1. The SMILES string of the molecule is CC(C)(C)C(CC(=O)O)n1nnnc1-c1cccc(F)c1. The van der Waals surface area contributed by atoms with Gasteiger partial charge >= 0.3 is 5.97 Å². The quantitative estimate of drug-likeness (QED) is 0.936. The number of aliphatic carboxylic acids is 1. The lowest BCUT2D eigenvalue weighted by atomic mass is 9.84. The van der Waals surface area contributed by atoms with Gasteiger partial charge < -0.3 is 5.11 Å². The molecule has 0 bridgehead atoms. The van der Waals surface area contributed by atoms with Crippen LogP contribution in [-0.2, 0) is 4.79 Å². The number of nitrogens with zero attached hydrogens (tertiary/aromatic N) is 4. The number of rotatable bonds is 4. The molecule has 1 N–H and O–H groups in total. The van der Waals surface area contributed by atoms with Gasteiger partial charge in [-0.2, -0.15) is 0 Å². The molecule has 1 aromatic heterocycles. The predicted octanol–water partition coefficient (Wildman–Crippen LogP) is 2.54. The maximum Gasteiger partial charge on any atom is 0.305 e. The van der Waals surface area contributed by atoms with Crippen molar-refractivity contribution in [2.75, 3.05) is 0 Å². The fraction of sp³-hybridized carbons (Fsp3) is 0.429. The first-order valence-electron chi connectivity index (χ1n) is 6.54. The molecule has 7 heteroatoms. The van der Waals surface area contributed by atoms with Crippen LogP contribution in [0.1, 0.15) is 33.2 Å². The summed E-state index contributed by atoms with van der Waals surface area (Å²) in [5.41, 5.74) is 0.148. The van der Waals surface area contributed by atoms with E-state index in [-0.39, 0.29) is 11.8 Å². The Morgan fingerprint density at radius 2 is 2.14 bits per heavy atom. The van der Waals surface area contributed by atoms with E-state index in [0.29, 0.717) is 11.4 Å². The third-order valence-corrected chi connectivity index (χ3v) is 3.24. The molecule has 0 saturated heterocycles. The number of benzene rings is 1. The summed E-state index contributed by atoms with van der Waals surface area (Å²) in [6.07, 6.45) is -0.114. The second-order valence-corrected chi connectivity index (χ2v) is 5.94. The lowest BCUT2D eigenvalue weighted by Crippen LogP contribution is -2.28. The fourth-order valence-corrected chi connectivity index (χ4v) is 2.15. The maximum absolute atomic E-state index is 13.4. The van der Waals surface area contributed by atoms with Crippen molar-refractivity contribution in [3.05, 3.63) is 30.1 Å². The zero-order valence-corrected chi connectivity index (χ0v) is 12.1. The van der Waals surface area contributed by atoms with Crippen molar-refractivity contribution in [1.82, 2.24) is 20.2 Å². The minimum Gasteiger partial charge on any atom is -0.481 e. The van der Waals surface area contributed by atoms with Crippen LogP contribution >= 0.6 is 0 Å². The first kappa shape index (κ1) is 15.1. The van der Waals surface area contributed by atoms with Crippen molar-refractivity contribution in [3.63, 3.8) is 0 Å². The molecule has 21 heavy (non-hydrogen) atoms. The van der Waals surface area contributed by atoms with Crippen molar-refractivity contribution in [2.24, 2.45) is 5.41 Å². The first-order chi connectivity index (χ1) is 9.79. The molecule has 0 spiro atoms. The average Bonchev–Trinajstić information content (AvgIpc) is 2.83. The smallest absolute Gasteiger partial charge is 0.305 e. The summed E-state index contributed by atoms with van der Waals surface area (Å²) < 4.78 is 14.8. The van der Waals surface area contributed by atoms with Crippen LogP contribution in [-0.4, -0.2) is 31.3 Å². The van der Waals surface area contributed by atoms with Gasteiger partial charge in [-0.25, -0.2) is 9.07 Å². The normalized spacial score (nSPS) is 13.1. The van der Waals surface area contributed by atoms with Gasteiger partial charge in [0.25, 0.3) is 0 Å². The van der Waals surface area contributed by atoms with Crippen LogP contribution in [0.3, 0.4) is 0 Å². The third-order valence-electron chi connectivity index (χ3n) is 3.24. The van der Waals surface area contributed by atoms with Crippen molar-refractivity contribution in [1.29, 1.82) is 0 Å². The Bertz CT molecular complexity index is 648. The summed E-state index contributed by atoms with van der Waals surface area (Å²) in [5, 5.41) is 20.6. The van der Waals surface area contributed by atoms with Gasteiger partial charge in [-0.3, -0.25) is 4.79 Å². The molecule has 6 nitrogen and oxygen atoms in total. The number of tetrazole rings is 1. The standard InChI is InChI=1S/C14H17FN4O2/c1-14(2,3)11(8-12(20)21)19-13(16-17-18-19)9-5-4-6-10(15)7-9/h4-7,11H,8H2,1-3H3,(H,20,21). The van der Waals surface area contributed by atoms with E-state index in [1.165, 1.54) is 16.8 Å². The Morgan fingerprint density at radius 1 is 1.43 bits per heavy atom. The van der Waals surface area contributed by atoms with E-state index < -0.39 is 17.8 Å². The fourth-order valence-electron chi connectivity index (χ4n) is 2.15. The van der Waals surface area contributed by atoms with Gasteiger partial charge in [0.2, 0.25) is 0 Å². The van der Waals surface area contributed by atoms with E-state index in [2.05, 4.69) is 15.5 Å². The van der Waals surface area contributed by atoms with Crippen LogP contribution in [0.25, 0.3) is 11.4 Å². The number of hydrogen-bond donors (Lipinski definition) is 1. The lowest BCUT2D eigenvalue weighted by Gasteiger charge is -2.29. The summed E-state index contributed by atoms with van der Waals surface area (Å²) in [6, 6.07) is 5.46. The number of hydrogen-bond acceptors (Lipinski definition) is 4. The molecule has 0 aliphatic carbocycles. The minimum atomic E-state index is -0.935. The molecule has 0 aliphatic heterocycles. The summed E-state index contributed by atoms with van der Waals surface area (Å²) >= 11 is 0. The molecule has 1 atom stereocenters. The molecule has 112 valence electrons. The highest BCUT2D eigenvalue weighted by Crippen LogP contribution is 2.35. The Balaban J connectivity index is 2.49. The average molecular weight is 292 g/mol. The molecule has 2 rings (SSSR count). The highest BCUT2D eigenvalue weighted by molar-refractivity contribution is 5.67. The minimum absolute atomic E-state index is 0.114. The van der Waals surface area contributed by atoms with Gasteiger partial charge in [0, 0.05) is 5.56 Å². The van der Waals surface area contributed by atoms with Crippen LogP contribution in [0.2, 0.25) is 0 Å². The number of carbonyl (C=O) groups is 1. The van der Waals surface area contributed by atoms with Crippen LogP contribution < -0.4 is 0 Å². The Kier molecular flexibility index (Phi) is 4.02. The second kappa shape index (κ2) is 5.59. The molecular formula is C14H17FN4O2. The highest BCUT2D eigenvalue weighted by Gasteiger charge is 2.32. The van der Waals surface area contributed by atoms with E-state index in [4.69, 9.17) is 5.11 Å². The molecule has 2 aromatic rings. The number of halogens is 1. The summed E-state index contributed by atoms with van der Waals surface area (Å²) in [5.74, 6) is -0.973. The summed E-state index contributed by atoms with van der Waals surface area (Å²) in [4.78, 5) is 11.1. The zero-order valence-electron chi connectivity index (χ0n) is 12.1. The molecular weight excluding hydrogens is 275 g/mol. The first-order valence-corrected chi connectivity index (χ1v) is 6.54. The van der Waals surface area contributed by atoms with E-state index >= 15 is 0 Å². The van der Waals surface area contributed by atoms with Crippen molar-refractivity contribution < 1.29 is 14.3 Å². The van der Waals surface area contributed by atoms with Gasteiger partial charge in [0.15, 0.2) is 5.82 Å². The molecule has 0 radical (unpaired) electrons. The van der Waals surface area contributed by atoms with Crippen LogP contribution in [0.5, 0.6) is 0 Å². The van der Waals surface area contributed by atoms with E-state index in [9.17, 15) is 9.18 Å². The molecule has 0 fully saturated rings. The number of carboxylic acids is 1. The van der Waals surface area contributed by atoms with Crippen molar-refractivity contribution >= 4 is 5.97 Å². The molecule has 1 unspecified atom stereocenters. The monoisotopic (exact) mass is 292 g/mol. The molecule has 0 amide bonds. The topological polar surface area (TPSA) is 80.9 Å². The Labute approximate surface area is 121 Å². The Morgan fingerprint density at radius 3 is 2.71 bits per heavy atom. The molecule has 1 aromatic carbocycles. The molecule has 1 heterocycles. The van der Waals surface area contributed by atoms with Crippen molar-refractivity contribution in [3.8, 4) is 11.4 Å². The summed E-state index contributed by atoms with van der Waals surface area (Å²) in [6.45, 7) is 5.74. The van der Waals surface area contributed by atoms with Crippen LogP contribution in [0.15, 0.2) is 24.3 Å². The van der Waals surface area contributed by atoms with Gasteiger partial charge in [-0.1, -0.05) is 32.9 Å². The van der Waals surface area contributed by atoms with Gasteiger partial charge in [0.1, 0.15) is 5.82 Å². The van der Waals surface area contributed by atoms with Crippen molar-refractivity contribution in [2.45, 2.75) is 33.2 Å². The van der Waals surface area contributed by atoms with Crippen LogP contribution in [0.4, 0.5) is 4.39 Å². The van der Waals surface area contributed by atoms with Gasteiger partial charge in [0.05, 0.1) is 12.5 Å². The molecule has 0 aliphatic rings. The summed E-state index contributed by atoms with van der Waals surface area (Å²) in [7, 11) is 0. The lowest BCUT2D eigenvalue weighted by molar-refractivity contribution is -0.138. The highest BCUT2D eigenvalue weighted by atomic mass is 19.1. The zero-order chi connectivity index (χ0) is 15.6. The maximum atomic E-state index is 13.4. The number of aromatic nitrogens is 4. The predicted molar refractivity (Wildman–Crippen MR) is 74.0 cm³/mol. The van der Waals surface area contributed by atoms with E-state index in [0.717, 1.165) is 0 Å². The largest absolute Gasteiger partial charge is 0.481 e. The third kappa shape index (κ3) is 3.42.